The molecule has 0 aliphatic carbocycles. The van der Waals surface area contributed by atoms with Gasteiger partial charge >= 0.3 is 0 Å². The molecule has 0 spiro atoms. The molecule has 2 nitrogen and oxygen atoms in total. The van der Waals surface area contributed by atoms with E-state index in [0.29, 0.717) is 0 Å². The second-order valence-corrected chi connectivity index (χ2v) is 2.78. The van der Waals surface area contributed by atoms with Gasteiger partial charge in [0.25, 0.3) is 0 Å². The average Bonchev–Trinajstić information content (AvgIpc) is 2.37. The predicted octanol–water partition coefficient (Wildman–Crippen LogP) is 2.33. The van der Waals surface area contributed by atoms with Gasteiger partial charge in [-0.15, -0.1) is 0 Å². The highest BCUT2D eigenvalue weighted by molar-refractivity contribution is 6.25. The highest BCUT2D eigenvalue weighted by Crippen LogP contribution is 2.02. The summed E-state index contributed by atoms with van der Waals surface area (Å²) in [6, 6.07) is 0. The fraction of sp³-hybridized carbons (Fsp3) is 0.375. The van der Waals surface area contributed by atoms with E-state index in [0.717, 1.165) is 17.9 Å². The van der Waals surface area contributed by atoms with Crippen LogP contribution in [-0.2, 0) is 6.54 Å². The number of imidazole rings is 1. The van der Waals surface area contributed by atoms with Gasteiger partial charge in [-0.3, -0.25) is 0 Å². The number of hydrogen-bond acceptors (Lipinski definition) is 1. The third-order valence-corrected chi connectivity index (χ3v) is 1.90. The van der Waals surface area contributed by atoms with Gasteiger partial charge in [0.1, 0.15) is 5.82 Å². The van der Waals surface area contributed by atoms with Crippen molar-refractivity contribution in [1.29, 1.82) is 0 Å². The van der Waals surface area contributed by atoms with Crippen LogP contribution in [0, 0.1) is 6.92 Å². The van der Waals surface area contributed by atoms with Crippen LogP contribution in [0.4, 0.5) is 0 Å². The topological polar surface area (TPSA) is 17.8 Å². The minimum Gasteiger partial charge on any atom is -0.331 e. The first-order chi connectivity index (χ1) is 5.24. The molecule has 0 aromatic carbocycles. The van der Waals surface area contributed by atoms with Crippen molar-refractivity contribution in [2.45, 2.75) is 20.4 Å². The van der Waals surface area contributed by atoms with Crippen molar-refractivity contribution in [2.75, 3.05) is 0 Å². The van der Waals surface area contributed by atoms with Gasteiger partial charge < -0.3 is 4.57 Å². The Bertz CT molecular complexity index is 263. The predicted molar refractivity (Wildman–Crippen MR) is 46.6 cm³/mol. The highest BCUT2D eigenvalue weighted by Gasteiger charge is 1.95. The molecule has 0 fully saturated rings. The number of aromatic nitrogens is 2. The van der Waals surface area contributed by atoms with Crippen LogP contribution >= 0.6 is 11.6 Å². The zero-order valence-electron chi connectivity index (χ0n) is 6.71. The molecule has 1 aromatic heterocycles. The van der Waals surface area contributed by atoms with Crippen LogP contribution in [0.1, 0.15) is 12.7 Å². The first kappa shape index (κ1) is 8.34. The molecule has 1 aromatic rings. The van der Waals surface area contributed by atoms with E-state index in [1.54, 1.807) is 11.7 Å². The summed E-state index contributed by atoms with van der Waals surface area (Å²) in [5.74, 6) is 1.02. The van der Waals surface area contributed by atoms with E-state index in [1.165, 1.54) is 0 Å². The maximum Gasteiger partial charge on any atom is 0.105 e. The van der Waals surface area contributed by atoms with Crippen molar-refractivity contribution in [3.05, 3.63) is 29.3 Å². The van der Waals surface area contributed by atoms with E-state index in [4.69, 9.17) is 11.6 Å². The molecule has 1 rings (SSSR count). The van der Waals surface area contributed by atoms with Crippen LogP contribution in [0.15, 0.2) is 23.5 Å². The van der Waals surface area contributed by atoms with Crippen LogP contribution in [0.2, 0.25) is 0 Å². The number of halogens is 1. The Morgan fingerprint density at radius 1 is 1.82 bits per heavy atom. The maximum absolute atomic E-state index is 5.53. The molecule has 0 saturated heterocycles. The Labute approximate surface area is 71.5 Å². The fourth-order valence-corrected chi connectivity index (χ4v) is 0.943. The molecule has 0 aliphatic rings. The molecule has 1 heterocycles. The zero-order chi connectivity index (χ0) is 8.27. The lowest BCUT2D eigenvalue weighted by Crippen LogP contribution is -1.99. The molecule has 3 heteroatoms. The van der Waals surface area contributed by atoms with Crippen molar-refractivity contribution in [3.8, 4) is 0 Å². The Kier molecular flexibility index (Phi) is 2.71. The lowest BCUT2D eigenvalue weighted by Gasteiger charge is -2.02. The van der Waals surface area contributed by atoms with Crippen LogP contribution < -0.4 is 0 Å². The van der Waals surface area contributed by atoms with Gasteiger partial charge in [-0.1, -0.05) is 11.6 Å². The number of aryl methyl sites for hydroxylation is 1. The Hall–Kier alpha value is -0.760. The normalized spacial score (nSPS) is 12.1. The van der Waals surface area contributed by atoms with Gasteiger partial charge in [0, 0.05) is 24.5 Å². The molecular formula is C8H11ClN2. The van der Waals surface area contributed by atoms with E-state index in [1.807, 2.05) is 24.6 Å². The SMILES string of the molecule is C/C(=C/Cl)Cn1ccnc1C. The summed E-state index contributed by atoms with van der Waals surface area (Å²) in [6.07, 6.45) is 3.73. The van der Waals surface area contributed by atoms with Crippen LogP contribution in [0.5, 0.6) is 0 Å². The van der Waals surface area contributed by atoms with Crippen molar-refractivity contribution in [3.63, 3.8) is 0 Å². The largest absolute Gasteiger partial charge is 0.331 e. The smallest absolute Gasteiger partial charge is 0.105 e. The van der Waals surface area contributed by atoms with E-state index < -0.39 is 0 Å². The third kappa shape index (κ3) is 2.09. The molecule has 0 N–H and O–H groups in total. The summed E-state index contributed by atoms with van der Waals surface area (Å²) in [6.45, 7) is 4.79. The molecule has 0 saturated carbocycles. The van der Waals surface area contributed by atoms with Crippen LogP contribution in [0.25, 0.3) is 0 Å². The molecule has 0 radical (unpaired) electrons. The van der Waals surface area contributed by atoms with E-state index in [-0.39, 0.29) is 0 Å². The Morgan fingerprint density at radius 2 is 2.55 bits per heavy atom. The number of allylic oxidation sites excluding steroid dienone is 1. The fourth-order valence-electron chi connectivity index (χ4n) is 0.874. The minimum atomic E-state index is 0.829. The van der Waals surface area contributed by atoms with Crippen molar-refractivity contribution in [2.24, 2.45) is 0 Å². The molecule has 0 aliphatic heterocycles. The molecule has 0 atom stereocenters. The Balaban J connectivity index is 2.72. The molecule has 60 valence electrons. The van der Waals surface area contributed by atoms with Crippen LogP contribution in [-0.4, -0.2) is 9.55 Å². The van der Waals surface area contributed by atoms with E-state index in [2.05, 4.69) is 4.98 Å². The minimum absolute atomic E-state index is 0.829. The standard InChI is InChI=1S/C8H11ClN2/c1-7(5-9)6-11-4-3-10-8(11)2/h3-5H,6H2,1-2H3/b7-5-. The number of nitrogens with zero attached hydrogens (tertiary/aromatic N) is 2. The van der Waals surface area contributed by atoms with Crippen molar-refractivity contribution < 1.29 is 0 Å². The third-order valence-electron chi connectivity index (χ3n) is 1.53. The van der Waals surface area contributed by atoms with Gasteiger partial charge in [-0.25, -0.2) is 4.98 Å². The lowest BCUT2D eigenvalue weighted by atomic mass is 10.3. The van der Waals surface area contributed by atoms with E-state index in [9.17, 15) is 0 Å². The lowest BCUT2D eigenvalue weighted by molar-refractivity contribution is 0.750. The van der Waals surface area contributed by atoms with Gasteiger partial charge in [0.15, 0.2) is 0 Å². The maximum atomic E-state index is 5.53. The number of rotatable bonds is 2. The quantitative estimate of drug-likeness (QED) is 0.666. The Morgan fingerprint density at radius 3 is 3.00 bits per heavy atom. The van der Waals surface area contributed by atoms with Crippen LogP contribution in [0.3, 0.4) is 0 Å². The average molecular weight is 171 g/mol. The monoisotopic (exact) mass is 170 g/mol. The first-order valence-electron chi connectivity index (χ1n) is 3.47. The summed E-state index contributed by atoms with van der Waals surface area (Å²) in [5.41, 5.74) is 2.73. The van der Waals surface area contributed by atoms with Gasteiger partial charge in [0.05, 0.1) is 0 Å². The summed E-state index contributed by atoms with van der Waals surface area (Å²) in [5, 5.41) is 0. The van der Waals surface area contributed by atoms with Crippen molar-refractivity contribution in [1.82, 2.24) is 9.55 Å². The molecule has 11 heavy (non-hydrogen) atoms. The van der Waals surface area contributed by atoms with Gasteiger partial charge in [-0.2, -0.15) is 0 Å². The summed E-state index contributed by atoms with van der Waals surface area (Å²) in [7, 11) is 0. The molecule has 0 unspecified atom stereocenters. The molecule has 0 bridgehead atoms. The molecular weight excluding hydrogens is 160 g/mol. The summed E-state index contributed by atoms with van der Waals surface area (Å²) < 4.78 is 2.05. The second kappa shape index (κ2) is 3.58. The second-order valence-electron chi connectivity index (χ2n) is 2.56. The number of hydrogen-bond donors (Lipinski definition) is 0. The molecule has 0 amide bonds. The highest BCUT2D eigenvalue weighted by atomic mass is 35.5. The van der Waals surface area contributed by atoms with Crippen molar-refractivity contribution >= 4 is 11.6 Å². The zero-order valence-corrected chi connectivity index (χ0v) is 7.47. The van der Waals surface area contributed by atoms with Gasteiger partial charge in [-0.05, 0) is 19.4 Å². The first-order valence-corrected chi connectivity index (χ1v) is 3.91. The summed E-state index contributed by atoms with van der Waals surface area (Å²) >= 11 is 5.53. The summed E-state index contributed by atoms with van der Waals surface area (Å²) in [4.78, 5) is 4.10. The van der Waals surface area contributed by atoms with E-state index >= 15 is 0 Å². The van der Waals surface area contributed by atoms with Gasteiger partial charge in [0.2, 0.25) is 0 Å².